The summed E-state index contributed by atoms with van der Waals surface area (Å²) in [6.07, 6.45) is 4.16. The van der Waals surface area contributed by atoms with Gasteiger partial charge in [0, 0.05) is 63.9 Å². The number of cyclic esters (lactones) is 1. The van der Waals surface area contributed by atoms with Gasteiger partial charge in [0.2, 0.25) is 0 Å². The first-order valence-corrected chi connectivity index (χ1v) is 11.9. The van der Waals surface area contributed by atoms with E-state index in [0.29, 0.717) is 13.0 Å². The van der Waals surface area contributed by atoms with Gasteiger partial charge in [0.1, 0.15) is 11.7 Å². The fourth-order valence-corrected chi connectivity index (χ4v) is 6.76. The van der Waals surface area contributed by atoms with Crippen LogP contribution in [-0.4, -0.2) is 87.3 Å². The smallest absolute Gasteiger partial charge is 0.312 e. The fraction of sp³-hybridized carbons (Fsp3) is 0.800. The van der Waals surface area contributed by atoms with Crippen LogP contribution in [0.3, 0.4) is 0 Å². The molecular weight excluding hydrogens is 428 g/mol. The number of rotatable bonds is 7. The maximum absolute atomic E-state index is 13.5. The quantitative estimate of drug-likeness (QED) is 0.428. The van der Waals surface area contributed by atoms with Crippen molar-refractivity contribution in [2.24, 2.45) is 35.5 Å². The molecule has 0 aromatic carbocycles. The van der Waals surface area contributed by atoms with Crippen molar-refractivity contribution < 1.29 is 38.7 Å². The minimum Gasteiger partial charge on any atom is -0.461 e. The SMILES string of the molecule is COCC[C@H]1OC(=O)[C@H](COC)[C@H]2C=C[C@H]3[C@H]4O[C@]2(/C(C)=C/[C@H]1C)[C@@H]3[C@H](O)[C@@H](COC)[C@H]4O. The van der Waals surface area contributed by atoms with Crippen LogP contribution in [-0.2, 0) is 28.5 Å². The Morgan fingerprint density at radius 2 is 1.79 bits per heavy atom. The minimum absolute atomic E-state index is 0.0781. The number of aliphatic hydroxyl groups is 2. The Labute approximate surface area is 195 Å². The molecule has 1 saturated carbocycles. The molecule has 33 heavy (non-hydrogen) atoms. The molecule has 0 aromatic rings. The molecule has 2 aliphatic carbocycles. The molecule has 8 heteroatoms. The van der Waals surface area contributed by atoms with E-state index in [1.165, 1.54) is 0 Å². The first-order valence-electron chi connectivity index (χ1n) is 11.9. The number of methoxy groups -OCH3 is 3. The summed E-state index contributed by atoms with van der Waals surface area (Å²) in [6, 6.07) is 0. The zero-order valence-electron chi connectivity index (χ0n) is 20.2. The summed E-state index contributed by atoms with van der Waals surface area (Å²) in [6.45, 7) is 4.91. The lowest BCUT2D eigenvalue weighted by atomic mass is 9.56. The highest BCUT2D eigenvalue weighted by Gasteiger charge is 2.69. The lowest BCUT2D eigenvalue weighted by Crippen LogP contribution is -2.58. The van der Waals surface area contributed by atoms with Crippen LogP contribution in [0.1, 0.15) is 20.3 Å². The molecule has 2 N–H and O–H groups in total. The Hall–Kier alpha value is -1.29. The summed E-state index contributed by atoms with van der Waals surface area (Å²) in [7, 11) is 4.76. The van der Waals surface area contributed by atoms with Crippen LogP contribution in [0.5, 0.6) is 0 Å². The van der Waals surface area contributed by atoms with Gasteiger partial charge in [0.25, 0.3) is 0 Å². The van der Waals surface area contributed by atoms with Crippen LogP contribution in [0, 0.1) is 35.5 Å². The van der Waals surface area contributed by atoms with E-state index in [-0.39, 0.29) is 43.0 Å². The van der Waals surface area contributed by atoms with Crippen LogP contribution >= 0.6 is 0 Å². The number of ether oxygens (including phenoxy) is 5. The molecule has 2 fully saturated rings. The van der Waals surface area contributed by atoms with Crippen molar-refractivity contribution in [3.05, 3.63) is 23.8 Å². The topological polar surface area (TPSA) is 104 Å². The van der Waals surface area contributed by atoms with Gasteiger partial charge in [-0.25, -0.2) is 0 Å². The largest absolute Gasteiger partial charge is 0.461 e. The van der Waals surface area contributed by atoms with Gasteiger partial charge in [-0.3, -0.25) is 4.79 Å². The van der Waals surface area contributed by atoms with E-state index in [1.807, 2.05) is 26.0 Å². The summed E-state index contributed by atoms with van der Waals surface area (Å²) in [5, 5.41) is 22.6. The zero-order valence-corrected chi connectivity index (χ0v) is 20.2. The van der Waals surface area contributed by atoms with Gasteiger partial charge in [0.15, 0.2) is 0 Å². The second-order valence-electron chi connectivity index (χ2n) is 10.0. The van der Waals surface area contributed by atoms with Crippen molar-refractivity contribution in [3.8, 4) is 0 Å². The highest BCUT2D eigenvalue weighted by atomic mass is 16.6. The summed E-state index contributed by atoms with van der Waals surface area (Å²) in [4.78, 5) is 13.5. The summed E-state index contributed by atoms with van der Waals surface area (Å²) < 4.78 is 28.8. The lowest BCUT2D eigenvalue weighted by Gasteiger charge is -2.49. The van der Waals surface area contributed by atoms with Crippen molar-refractivity contribution in [2.75, 3.05) is 41.2 Å². The molecule has 1 spiro atoms. The van der Waals surface area contributed by atoms with Gasteiger partial charge in [0.05, 0.1) is 37.4 Å². The van der Waals surface area contributed by atoms with Crippen LogP contribution in [0.4, 0.5) is 0 Å². The standard InChI is InChI=1S/C25H38O8/c1-13-10-14(2)25-18(16(11-30-4)24(28)32-19(13)8-9-29-3)7-6-15-20(25)21(26)17(12-31-5)22(27)23(15)33-25/h6-7,10,13,15-23,26-27H,8-9,11-12H2,1-5H3/b14-10+/t13-,15-,16-,17-,18-,19-,20+,21-,22-,23-,25+/m1/s1. The molecule has 1 saturated heterocycles. The molecular formula is C25H38O8. The summed E-state index contributed by atoms with van der Waals surface area (Å²) in [5.74, 6) is -2.36. The molecule has 8 nitrogen and oxygen atoms in total. The average Bonchev–Trinajstić information content (AvgIpc) is 2.99. The number of carbonyl (C=O) groups excluding carboxylic acids is 1. The normalized spacial score (nSPS) is 48.2. The van der Waals surface area contributed by atoms with E-state index in [0.717, 1.165) is 5.57 Å². The maximum Gasteiger partial charge on any atom is 0.312 e. The van der Waals surface area contributed by atoms with Gasteiger partial charge in [-0.05, 0) is 12.5 Å². The molecule has 4 rings (SSSR count). The molecule has 0 radical (unpaired) electrons. The molecule has 0 unspecified atom stereocenters. The molecule has 0 aromatic heterocycles. The van der Waals surface area contributed by atoms with E-state index in [4.69, 9.17) is 23.7 Å². The molecule has 0 amide bonds. The third kappa shape index (κ3) is 3.89. The Kier molecular flexibility index (Phi) is 7.34. The van der Waals surface area contributed by atoms with Gasteiger partial charge >= 0.3 is 5.97 Å². The van der Waals surface area contributed by atoms with Crippen molar-refractivity contribution in [3.63, 3.8) is 0 Å². The second kappa shape index (κ2) is 9.76. The van der Waals surface area contributed by atoms with E-state index in [9.17, 15) is 15.0 Å². The number of carbonyl (C=O) groups is 1. The monoisotopic (exact) mass is 466 g/mol. The Balaban J connectivity index is 1.84. The predicted octanol–water partition coefficient (Wildman–Crippen LogP) is 1.35. The van der Waals surface area contributed by atoms with E-state index in [2.05, 4.69) is 6.08 Å². The molecule has 4 aliphatic rings. The van der Waals surface area contributed by atoms with Crippen LogP contribution < -0.4 is 0 Å². The van der Waals surface area contributed by atoms with Crippen molar-refractivity contribution in [1.29, 1.82) is 0 Å². The average molecular weight is 467 g/mol. The van der Waals surface area contributed by atoms with Gasteiger partial charge < -0.3 is 33.9 Å². The van der Waals surface area contributed by atoms with Crippen molar-refractivity contribution in [1.82, 2.24) is 0 Å². The molecule has 2 aliphatic heterocycles. The lowest BCUT2D eigenvalue weighted by molar-refractivity contribution is -0.166. The number of esters is 1. The molecule has 4 bridgehead atoms. The van der Waals surface area contributed by atoms with Crippen LogP contribution in [0.15, 0.2) is 23.8 Å². The second-order valence-corrected chi connectivity index (χ2v) is 10.0. The minimum atomic E-state index is -0.945. The molecule has 186 valence electrons. The summed E-state index contributed by atoms with van der Waals surface area (Å²) in [5.41, 5.74) is 0.00699. The van der Waals surface area contributed by atoms with E-state index < -0.39 is 41.7 Å². The van der Waals surface area contributed by atoms with Gasteiger partial charge in [-0.2, -0.15) is 0 Å². The maximum atomic E-state index is 13.5. The molecule has 11 atom stereocenters. The first-order chi connectivity index (χ1) is 15.8. The fourth-order valence-electron chi connectivity index (χ4n) is 6.76. The Morgan fingerprint density at radius 1 is 1.06 bits per heavy atom. The highest BCUT2D eigenvalue weighted by molar-refractivity contribution is 5.74. The number of hydrogen-bond donors (Lipinski definition) is 2. The van der Waals surface area contributed by atoms with Crippen LogP contribution in [0.25, 0.3) is 0 Å². The van der Waals surface area contributed by atoms with E-state index >= 15 is 0 Å². The summed E-state index contributed by atoms with van der Waals surface area (Å²) >= 11 is 0. The third-order valence-electron chi connectivity index (χ3n) is 8.27. The van der Waals surface area contributed by atoms with Gasteiger partial charge in [-0.15, -0.1) is 0 Å². The number of hydrogen-bond acceptors (Lipinski definition) is 8. The first kappa shape index (κ1) is 24.8. The highest BCUT2D eigenvalue weighted by Crippen LogP contribution is 2.61. The third-order valence-corrected chi connectivity index (χ3v) is 8.27. The number of aliphatic hydroxyl groups excluding tert-OH is 2. The van der Waals surface area contributed by atoms with Crippen LogP contribution in [0.2, 0.25) is 0 Å². The zero-order chi connectivity index (χ0) is 23.9. The van der Waals surface area contributed by atoms with E-state index in [1.54, 1.807) is 21.3 Å². The predicted molar refractivity (Wildman–Crippen MR) is 119 cm³/mol. The van der Waals surface area contributed by atoms with Crippen molar-refractivity contribution >= 4 is 5.97 Å². The Bertz CT molecular complexity index is 780. The van der Waals surface area contributed by atoms with Crippen molar-refractivity contribution in [2.45, 2.75) is 50.3 Å². The molecule has 2 heterocycles. The van der Waals surface area contributed by atoms with Gasteiger partial charge in [-0.1, -0.05) is 25.2 Å². The Morgan fingerprint density at radius 3 is 2.45 bits per heavy atom.